The Kier molecular flexibility index (Phi) is 34.3. The van der Waals surface area contributed by atoms with Crippen LogP contribution >= 0.6 is 7.82 Å². The summed E-state index contributed by atoms with van der Waals surface area (Å²) in [5.74, 6) is -1.55. The van der Waals surface area contributed by atoms with Crippen molar-refractivity contribution in [3.05, 3.63) is 24.3 Å². The summed E-state index contributed by atoms with van der Waals surface area (Å²) in [5.41, 5.74) is 0. The van der Waals surface area contributed by atoms with Gasteiger partial charge in [-0.25, -0.2) is 4.57 Å². The highest BCUT2D eigenvalue weighted by molar-refractivity contribution is 7.49. The fourth-order valence-electron chi connectivity index (χ4n) is 5.32. The zero-order chi connectivity index (χ0) is 35.4. The van der Waals surface area contributed by atoms with Crippen LogP contribution in [0.4, 0.5) is 0 Å². The first-order valence-electron chi connectivity index (χ1n) is 19.6. The maximum absolute atomic E-state index is 13.1. The quantitative estimate of drug-likeness (QED) is 0.0376. The topological polar surface area (TPSA) is 119 Å². The molecule has 0 aromatic rings. The molecule has 0 fully saturated rings. The Morgan fingerprint density at radius 2 is 0.854 bits per heavy atom. The second-order valence-electron chi connectivity index (χ2n) is 13.2. The predicted octanol–water partition coefficient (Wildman–Crippen LogP) is 11.6. The molecule has 1 atom stereocenters. The van der Waals surface area contributed by atoms with Gasteiger partial charge in [-0.05, 0) is 64.2 Å². The highest BCUT2D eigenvalue weighted by atomic mass is 31.2. The van der Waals surface area contributed by atoms with Gasteiger partial charge in [0.2, 0.25) is 0 Å². The van der Waals surface area contributed by atoms with Gasteiger partial charge in [0.05, 0.1) is 13.2 Å². The average molecular weight is 701 g/mol. The number of hydrogen-bond acceptors (Lipinski definition) is 8. The Bertz CT molecular complexity index is 786. The molecule has 2 N–H and O–H groups in total. The number of aliphatic hydroxyl groups excluding tert-OH is 2. The molecule has 1 unspecified atom stereocenters. The summed E-state index contributed by atoms with van der Waals surface area (Å²) in [6.07, 6.45) is 37.3. The van der Waals surface area contributed by atoms with Gasteiger partial charge in [-0.3, -0.25) is 14.1 Å². The van der Waals surface area contributed by atoms with E-state index < -0.39 is 39.1 Å². The van der Waals surface area contributed by atoms with Crippen LogP contribution in [-0.4, -0.2) is 41.5 Å². The summed E-state index contributed by atoms with van der Waals surface area (Å²) < 4.78 is 28.1. The van der Waals surface area contributed by atoms with Crippen molar-refractivity contribution in [1.82, 2.24) is 0 Å². The van der Waals surface area contributed by atoms with Gasteiger partial charge in [0.1, 0.15) is 6.10 Å². The van der Waals surface area contributed by atoms with Gasteiger partial charge in [-0.2, -0.15) is 0 Å². The smallest absolute Gasteiger partial charge is 0.394 e. The number of allylic oxidation sites excluding steroid dienone is 4. The lowest BCUT2D eigenvalue weighted by molar-refractivity contribution is -0.141. The van der Waals surface area contributed by atoms with Crippen LogP contribution in [0.25, 0.3) is 0 Å². The minimum atomic E-state index is -4.56. The van der Waals surface area contributed by atoms with Crippen molar-refractivity contribution in [3.8, 4) is 0 Å². The molecule has 0 aliphatic rings. The van der Waals surface area contributed by atoms with Crippen LogP contribution in [0, 0.1) is 0 Å². The lowest BCUT2D eigenvalue weighted by atomic mass is 10.1. The predicted molar refractivity (Wildman–Crippen MR) is 198 cm³/mol. The first-order valence-corrected chi connectivity index (χ1v) is 21.1. The molecule has 0 aromatic heterocycles. The van der Waals surface area contributed by atoms with Crippen molar-refractivity contribution < 1.29 is 37.9 Å². The lowest BCUT2D eigenvalue weighted by Gasteiger charge is -2.18. The number of hydrogen-bond donors (Lipinski definition) is 2. The summed E-state index contributed by atoms with van der Waals surface area (Å²) in [7, 11) is -4.56. The zero-order valence-electron chi connectivity index (χ0n) is 30.9. The van der Waals surface area contributed by atoms with E-state index in [1.54, 1.807) is 0 Å². The van der Waals surface area contributed by atoms with E-state index in [0.29, 0.717) is 12.8 Å². The Balaban J connectivity index is 4.12. The molecule has 0 aromatic carbocycles. The van der Waals surface area contributed by atoms with Gasteiger partial charge in [0.25, 0.3) is 0 Å². The molecule has 0 aliphatic carbocycles. The lowest BCUT2D eigenvalue weighted by Crippen LogP contribution is -2.20. The van der Waals surface area contributed by atoms with Crippen LogP contribution < -0.4 is 0 Å². The summed E-state index contributed by atoms with van der Waals surface area (Å²) in [6, 6.07) is 0. The SMILES string of the molecule is CCCCCCCCC=CCCCCCCCC(=O)OP(=O)(OCC(O)CO)OC(=O)CCCCCCCC=CCCCCCCCC. The monoisotopic (exact) mass is 701 g/mol. The number of phosphoric ester groups is 1. The molecule has 282 valence electrons. The number of aliphatic hydroxyl groups is 2. The van der Waals surface area contributed by atoms with Gasteiger partial charge in [-0.15, -0.1) is 0 Å². The van der Waals surface area contributed by atoms with Crippen molar-refractivity contribution in [2.75, 3.05) is 13.2 Å². The zero-order valence-corrected chi connectivity index (χ0v) is 31.8. The summed E-state index contributed by atoms with van der Waals surface area (Å²) in [4.78, 5) is 24.8. The largest absolute Gasteiger partial charge is 0.592 e. The molecule has 0 saturated carbocycles. The minimum absolute atomic E-state index is 0.0276. The number of phosphoric acid groups is 1. The van der Waals surface area contributed by atoms with E-state index >= 15 is 0 Å². The molecule has 0 radical (unpaired) electrons. The maximum atomic E-state index is 13.1. The molecule has 48 heavy (non-hydrogen) atoms. The normalized spacial score (nSPS) is 13.7. The minimum Gasteiger partial charge on any atom is -0.394 e. The molecule has 0 rings (SSSR count). The molecule has 0 aliphatic heterocycles. The van der Waals surface area contributed by atoms with E-state index in [-0.39, 0.29) is 12.8 Å². The third-order valence-electron chi connectivity index (χ3n) is 8.35. The third kappa shape index (κ3) is 33.0. The second kappa shape index (κ2) is 35.4. The number of unbranched alkanes of at least 4 members (excludes halogenated alkanes) is 22. The standard InChI is InChI=1S/C39H73O8P/c1-3-5-7-9-11-13-15-17-19-21-23-25-27-29-31-33-38(42)46-48(44,45-36-37(41)35-40)47-39(43)34-32-30-28-26-24-22-20-18-16-14-12-10-8-6-4-2/h17-20,37,40-41H,3-16,21-36H2,1-2H3. The van der Waals surface area contributed by atoms with E-state index in [9.17, 15) is 19.3 Å². The fraction of sp³-hybridized carbons (Fsp3) is 0.846. The van der Waals surface area contributed by atoms with E-state index in [1.807, 2.05) is 0 Å². The molecular formula is C39H73O8P. The molecule has 9 heteroatoms. The van der Waals surface area contributed by atoms with Crippen molar-refractivity contribution in [1.29, 1.82) is 0 Å². The van der Waals surface area contributed by atoms with Crippen LogP contribution in [-0.2, 0) is 27.7 Å². The molecule has 8 nitrogen and oxygen atoms in total. The van der Waals surface area contributed by atoms with Gasteiger partial charge in [0.15, 0.2) is 0 Å². The third-order valence-corrected chi connectivity index (χ3v) is 9.67. The van der Waals surface area contributed by atoms with Crippen LogP contribution in [0.3, 0.4) is 0 Å². The van der Waals surface area contributed by atoms with E-state index in [1.165, 1.54) is 77.0 Å². The first kappa shape index (κ1) is 46.5. The molecule has 0 spiro atoms. The Morgan fingerprint density at radius 3 is 1.19 bits per heavy atom. The van der Waals surface area contributed by atoms with Crippen molar-refractivity contribution >= 4 is 19.8 Å². The second-order valence-corrected chi connectivity index (χ2v) is 14.7. The highest BCUT2D eigenvalue weighted by Crippen LogP contribution is 2.50. The molecule has 0 heterocycles. The number of carbonyl (C=O) groups excluding carboxylic acids is 2. The summed E-state index contributed by atoms with van der Waals surface area (Å²) in [6.45, 7) is 3.26. The molecular weight excluding hydrogens is 627 g/mol. The van der Waals surface area contributed by atoms with E-state index in [2.05, 4.69) is 38.2 Å². The van der Waals surface area contributed by atoms with E-state index in [0.717, 1.165) is 77.0 Å². The number of carbonyl (C=O) groups is 2. The molecule has 0 bridgehead atoms. The Labute approximate surface area is 294 Å². The van der Waals surface area contributed by atoms with Crippen molar-refractivity contribution in [2.45, 2.75) is 200 Å². The van der Waals surface area contributed by atoms with Crippen molar-refractivity contribution in [3.63, 3.8) is 0 Å². The Morgan fingerprint density at radius 1 is 0.542 bits per heavy atom. The summed E-state index contributed by atoms with van der Waals surface area (Å²) >= 11 is 0. The average Bonchev–Trinajstić information content (AvgIpc) is 3.07. The first-order chi connectivity index (χ1) is 23.4. The van der Waals surface area contributed by atoms with Gasteiger partial charge in [0, 0.05) is 12.8 Å². The van der Waals surface area contributed by atoms with Crippen LogP contribution in [0.15, 0.2) is 24.3 Å². The van der Waals surface area contributed by atoms with E-state index in [4.69, 9.17) is 18.7 Å². The summed E-state index contributed by atoms with van der Waals surface area (Å²) in [5, 5.41) is 18.7. The van der Waals surface area contributed by atoms with Gasteiger partial charge >= 0.3 is 19.8 Å². The maximum Gasteiger partial charge on any atom is 0.592 e. The highest BCUT2D eigenvalue weighted by Gasteiger charge is 2.35. The van der Waals surface area contributed by atoms with Crippen LogP contribution in [0.2, 0.25) is 0 Å². The Hall–Kier alpha value is -1.47. The van der Waals surface area contributed by atoms with Gasteiger partial charge in [-0.1, -0.05) is 141 Å². The van der Waals surface area contributed by atoms with Gasteiger partial charge < -0.3 is 19.3 Å². The van der Waals surface area contributed by atoms with Crippen LogP contribution in [0.5, 0.6) is 0 Å². The number of rotatable bonds is 36. The molecule has 0 amide bonds. The van der Waals surface area contributed by atoms with Crippen LogP contribution in [0.1, 0.15) is 194 Å². The molecule has 0 saturated heterocycles. The van der Waals surface area contributed by atoms with Crippen molar-refractivity contribution in [2.24, 2.45) is 0 Å². The fourth-order valence-corrected chi connectivity index (χ4v) is 6.50.